The summed E-state index contributed by atoms with van der Waals surface area (Å²) in [6.07, 6.45) is 1.83. The number of rotatable bonds is 6. The molecule has 102 valence electrons. The van der Waals surface area contributed by atoms with E-state index in [4.69, 9.17) is 4.42 Å². The van der Waals surface area contributed by atoms with Gasteiger partial charge in [-0.25, -0.2) is 0 Å². The number of piperidine rings is 1. The first-order valence-electron chi connectivity index (χ1n) is 6.84. The number of carbonyl (C=O) groups is 2. The number of fused-ring (bicyclic) bond motifs is 1. The third-order valence-electron chi connectivity index (χ3n) is 3.71. The molecular formula is C14H18N2O3. The SMILES string of the molecule is CCCNCc1ccc(CN2C(=O)C3CC3C2=O)o1. The maximum atomic E-state index is 11.8. The van der Waals surface area contributed by atoms with Crippen LogP contribution in [0.5, 0.6) is 0 Å². The van der Waals surface area contributed by atoms with E-state index in [1.807, 2.05) is 12.1 Å². The molecule has 2 amide bonds. The number of likely N-dealkylation sites (tertiary alicyclic amines) is 1. The first-order valence-corrected chi connectivity index (χ1v) is 6.84. The summed E-state index contributed by atoms with van der Waals surface area (Å²) in [6, 6.07) is 3.73. The van der Waals surface area contributed by atoms with Gasteiger partial charge in [-0.05, 0) is 31.5 Å². The van der Waals surface area contributed by atoms with Gasteiger partial charge < -0.3 is 9.73 Å². The van der Waals surface area contributed by atoms with Gasteiger partial charge in [0.1, 0.15) is 11.5 Å². The molecule has 0 radical (unpaired) electrons. The van der Waals surface area contributed by atoms with Gasteiger partial charge in [-0.15, -0.1) is 0 Å². The van der Waals surface area contributed by atoms with E-state index in [1.165, 1.54) is 4.90 Å². The molecule has 2 aliphatic rings. The maximum Gasteiger partial charge on any atom is 0.233 e. The van der Waals surface area contributed by atoms with Crippen molar-refractivity contribution in [1.82, 2.24) is 10.2 Å². The fourth-order valence-electron chi connectivity index (χ4n) is 2.55. The van der Waals surface area contributed by atoms with Crippen molar-refractivity contribution in [2.45, 2.75) is 32.9 Å². The van der Waals surface area contributed by atoms with Crippen molar-refractivity contribution >= 4 is 11.8 Å². The molecule has 2 heterocycles. The monoisotopic (exact) mass is 262 g/mol. The Labute approximate surface area is 111 Å². The summed E-state index contributed by atoms with van der Waals surface area (Å²) in [6.45, 7) is 4.01. The average Bonchev–Trinajstić information content (AvgIpc) is 3.02. The Kier molecular flexibility index (Phi) is 3.14. The Morgan fingerprint density at radius 1 is 1.26 bits per heavy atom. The van der Waals surface area contributed by atoms with Crippen LogP contribution in [-0.2, 0) is 22.7 Å². The molecule has 0 bridgehead atoms. The zero-order chi connectivity index (χ0) is 13.4. The Hall–Kier alpha value is -1.62. The first kappa shape index (κ1) is 12.4. The Morgan fingerprint density at radius 2 is 1.95 bits per heavy atom. The minimum absolute atomic E-state index is 0.0305. The summed E-state index contributed by atoms with van der Waals surface area (Å²) >= 11 is 0. The van der Waals surface area contributed by atoms with Gasteiger partial charge in [-0.3, -0.25) is 14.5 Å². The number of carbonyl (C=O) groups excluding carboxylic acids is 2. The molecule has 0 spiro atoms. The van der Waals surface area contributed by atoms with Crippen LogP contribution < -0.4 is 5.32 Å². The van der Waals surface area contributed by atoms with E-state index >= 15 is 0 Å². The molecule has 1 aliphatic heterocycles. The molecule has 1 aromatic heterocycles. The van der Waals surface area contributed by atoms with E-state index in [0.717, 1.165) is 25.1 Å². The number of imide groups is 1. The van der Waals surface area contributed by atoms with Crippen LogP contribution in [0.25, 0.3) is 0 Å². The Balaban J connectivity index is 1.58. The lowest BCUT2D eigenvalue weighted by molar-refractivity contribution is -0.142. The number of nitrogens with one attached hydrogen (secondary N) is 1. The molecular weight excluding hydrogens is 244 g/mol. The number of hydrogen-bond acceptors (Lipinski definition) is 4. The van der Waals surface area contributed by atoms with E-state index in [-0.39, 0.29) is 30.2 Å². The molecule has 1 aromatic rings. The molecule has 19 heavy (non-hydrogen) atoms. The third-order valence-corrected chi connectivity index (χ3v) is 3.71. The van der Waals surface area contributed by atoms with Crippen LogP contribution in [0.2, 0.25) is 0 Å². The molecule has 1 aliphatic carbocycles. The third kappa shape index (κ3) is 2.30. The predicted octanol–water partition coefficient (Wildman–Crippen LogP) is 1.28. The molecule has 1 saturated heterocycles. The molecule has 1 N–H and O–H groups in total. The standard InChI is InChI=1S/C14H18N2O3/c1-2-5-15-7-9-3-4-10(19-9)8-16-13(17)11-6-12(11)14(16)18/h3-4,11-12,15H,2,5-8H2,1H3. The van der Waals surface area contributed by atoms with Gasteiger partial charge in [0.15, 0.2) is 0 Å². The summed E-state index contributed by atoms with van der Waals surface area (Å²) in [5.74, 6) is 1.39. The highest BCUT2D eigenvalue weighted by atomic mass is 16.3. The molecule has 1 saturated carbocycles. The second-order valence-corrected chi connectivity index (χ2v) is 5.26. The normalized spacial score (nSPS) is 25.0. The molecule has 5 heteroatoms. The fraction of sp³-hybridized carbons (Fsp3) is 0.571. The number of amides is 2. The molecule has 3 rings (SSSR count). The van der Waals surface area contributed by atoms with Crippen LogP contribution in [-0.4, -0.2) is 23.3 Å². The molecule has 2 unspecified atom stereocenters. The van der Waals surface area contributed by atoms with Crippen molar-refractivity contribution in [2.75, 3.05) is 6.54 Å². The van der Waals surface area contributed by atoms with Gasteiger partial charge >= 0.3 is 0 Å². The van der Waals surface area contributed by atoms with E-state index in [2.05, 4.69) is 12.2 Å². The highest BCUT2D eigenvalue weighted by molar-refractivity contribution is 6.08. The number of hydrogen-bond donors (Lipinski definition) is 1. The van der Waals surface area contributed by atoms with Gasteiger partial charge in [0.25, 0.3) is 0 Å². The summed E-state index contributed by atoms with van der Waals surface area (Å²) in [5.41, 5.74) is 0. The zero-order valence-electron chi connectivity index (χ0n) is 11.0. The van der Waals surface area contributed by atoms with E-state index in [0.29, 0.717) is 12.3 Å². The Morgan fingerprint density at radius 3 is 2.63 bits per heavy atom. The van der Waals surface area contributed by atoms with Crippen molar-refractivity contribution in [3.05, 3.63) is 23.7 Å². The summed E-state index contributed by atoms with van der Waals surface area (Å²) < 4.78 is 5.63. The van der Waals surface area contributed by atoms with Crippen LogP contribution in [0.15, 0.2) is 16.5 Å². The second kappa shape index (κ2) is 4.81. The van der Waals surface area contributed by atoms with Gasteiger partial charge in [0, 0.05) is 0 Å². The molecule has 2 atom stereocenters. The van der Waals surface area contributed by atoms with E-state index in [1.54, 1.807) is 0 Å². The van der Waals surface area contributed by atoms with Crippen LogP contribution in [0.4, 0.5) is 0 Å². The van der Waals surface area contributed by atoms with Crippen molar-refractivity contribution in [3.63, 3.8) is 0 Å². The maximum absolute atomic E-state index is 11.8. The van der Waals surface area contributed by atoms with Crippen molar-refractivity contribution < 1.29 is 14.0 Å². The Bertz CT molecular complexity index is 489. The fourth-order valence-corrected chi connectivity index (χ4v) is 2.55. The number of nitrogens with zero attached hydrogens (tertiary/aromatic N) is 1. The highest BCUT2D eigenvalue weighted by Crippen LogP contribution is 2.47. The van der Waals surface area contributed by atoms with Crippen LogP contribution in [0.1, 0.15) is 31.3 Å². The predicted molar refractivity (Wildman–Crippen MR) is 67.9 cm³/mol. The summed E-state index contributed by atoms with van der Waals surface area (Å²) in [5, 5.41) is 3.25. The highest BCUT2D eigenvalue weighted by Gasteiger charge is 2.58. The lowest BCUT2D eigenvalue weighted by Crippen LogP contribution is -2.32. The van der Waals surface area contributed by atoms with Crippen LogP contribution >= 0.6 is 0 Å². The lowest BCUT2D eigenvalue weighted by atomic mass is 10.3. The van der Waals surface area contributed by atoms with Crippen molar-refractivity contribution in [3.8, 4) is 0 Å². The van der Waals surface area contributed by atoms with E-state index in [9.17, 15) is 9.59 Å². The van der Waals surface area contributed by atoms with Gasteiger partial charge in [0.2, 0.25) is 11.8 Å². The number of furan rings is 1. The summed E-state index contributed by atoms with van der Waals surface area (Å²) in [7, 11) is 0. The van der Waals surface area contributed by atoms with Crippen LogP contribution in [0.3, 0.4) is 0 Å². The topological polar surface area (TPSA) is 62.6 Å². The lowest BCUT2D eigenvalue weighted by Gasteiger charge is -2.14. The van der Waals surface area contributed by atoms with Gasteiger partial charge in [0.05, 0.1) is 24.9 Å². The zero-order valence-corrected chi connectivity index (χ0v) is 11.0. The quantitative estimate of drug-likeness (QED) is 0.619. The van der Waals surface area contributed by atoms with Gasteiger partial charge in [-0.2, -0.15) is 0 Å². The van der Waals surface area contributed by atoms with Crippen LogP contribution in [0, 0.1) is 11.8 Å². The molecule has 5 nitrogen and oxygen atoms in total. The molecule has 0 aromatic carbocycles. The summed E-state index contributed by atoms with van der Waals surface area (Å²) in [4.78, 5) is 25.0. The average molecular weight is 262 g/mol. The van der Waals surface area contributed by atoms with Crippen molar-refractivity contribution in [2.24, 2.45) is 11.8 Å². The first-order chi connectivity index (χ1) is 9.20. The smallest absolute Gasteiger partial charge is 0.233 e. The minimum Gasteiger partial charge on any atom is -0.463 e. The minimum atomic E-state index is -0.0341. The van der Waals surface area contributed by atoms with E-state index < -0.39 is 0 Å². The largest absolute Gasteiger partial charge is 0.463 e. The van der Waals surface area contributed by atoms with Gasteiger partial charge in [-0.1, -0.05) is 6.92 Å². The second-order valence-electron chi connectivity index (χ2n) is 5.26. The molecule has 2 fully saturated rings. The van der Waals surface area contributed by atoms with Crippen molar-refractivity contribution in [1.29, 1.82) is 0 Å².